The van der Waals surface area contributed by atoms with E-state index in [-0.39, 0.29) is 5.39 Å². The number of hydrogen-bond acceptors (Lipinski definition) is 6. The fraction of sp³-hybridized carbons (Fsp3) is 0.130. The van der Waals surface area contributed by atoms with E-state index >= 15 is 0 Å². The Morgan fingerprint density at radius 2 is 1.81 bits per heavy atom. The van der Waals surface area contributed by atoms with Crippen LogP contribution in [0, 0.1) is 6.92 Å². The predicted octanol–water partition coefficient (Wildman–Crippen LogP) is 2.69. The number of carbonyl (C=O) groups excluding carboxylic acids is 1. The fourth-order valence-electron chi connectivity index (χ4n) is 3.15. The zero-order valence-corrected chi connectivity index (χ0v) is 17.8. The maximum Gasteiger partial charge on any atom is 0.283 e. The summed E-state index contributed by atoms with van der Waals surface area (Å²) in [5.41, 5.74) is 5.12. The van der Waals surface area contributed by atoms with Crippen LogP contribution < -0.4 is 20.5 Å². The van der Waals surface area contributed by atoms with Gasteiger partial charge in [-0.05, 0) is 42.8 Å². The number of carbonyl (C=O) groups is 1. The third-order valence-corrected chi connectivity index (χ3v) is 4.83. The monoisotopic (exact) mass is 431 g/mol. The molecule has 0 aliphatic rings. The van der Waals surface area contributed by atoms with Crippen molar-refractivity contribution >= 4 is 23.0 Å². The SMILES string of the molecule is COc1ccc(C=CC(=O)Nn2cnc3c(cnn3-c3ccc(C)cc3)c2=O)cc1OC. The number of benzene rings is 2. The topological polar surface area (TPSA) is 100 Å². The molecule has 0 aliphatic heterocycles. The first kappa shape index (κ1) is 20.9. The molecule has 1 amide bonds. The third kappa shape index (κ3) is 4.08. The number of methoxy groups -OCH3 is 2. The summed E-state index contributed by atoms with van der Waals surface area (Å²) in [7, 11) is 3.09. The number of hydrogen-bond donors (Lipinski definition) is 1. The Morgan fingerprint density at radius 3 is 2.53 bits per heavy atom. The molecule has 0 radical (unpaired) electrons. The molecule has 9 heteroatoms. The summed E-state index contributed by atoms with van der Waals surface area (Å²) in [5.74, 6) is 0.645. The van der Waals surface area contributed by atoms with Gasteiger partial charge in [-0.2, -0.15) is 5.10 Å². The van der Waals surface area contributed by atoms with Crippen LogP contribution in [0.3, 0.4) is 0 Å². The number of fused-ring (bicyclic) bond motifs is 1. The average molecular weight is 431 g/mol. The van der Waals surface area contributed by atoms with Gasteiger partial charge in [-0.15, -0.1) is 0 Å². The predicted molar refractivity (Wildman–Crippen MR) is 121 cm³/mol. The van der Waals surface area contributed by atoms with Crippen LogP contribution in [0.25, 0.3) is 22.8 Å². The Kier molecular flexibility index (Phi) is 5.71. The normalized spacial score (nSPS) is 11.1. The van der Waals surface area contributed by atoms with Gasteiger partial charge in [0.15, 0.2) is 17.1 Å². The van der Waals surface area contributed by atoms with Gasteiger partial charge in [0.05, 0.1) is 26.1 Å². The second-order valence-electron chi connectivity index (χ2n) is 6.97. The molecule has 4 rings (SSSR count). The summed E-state index contributed by atoms with van der Waals surface area (Å²) >= 11 is 0. The zero-order valence-electron chi connectivity index (χ0n) is 17.8. The molecule has 0 saturated carbocycles. The molecule has 162 valence electrons. The van der Waals surface area contributed by atoms with Crippen molar-refractivity contribution in [2.24, 2.45) is 0 Å². The van der Waals surface area contributed by atoms with Crippen LogP contribution >= 0.6 is 0 Å². The van der Waals surface area contributed by atoms with Gasteiger partial charge in [-0.3, -0.25) is 15.0 Å². The first-order chi connectivity index (χ1) is 15.5. The Hall–Kier alpha value is -4.40. The van der Waals surface area contributed by atoms with Crippen LogP contribution in [0.4, 0.5) is 0 Å². The zero-order chi connectivity index (χ0) is 22.7. The van der Waals surface area contributed by atoms with Crippen molar-refractivity contribution in [1.82, 2.24) is 19.4 Å². The Labute approximate surface area is 183 Å². The Balaban J connectivity index is 1.55. The number of rotatable bonds is 6. The lowest BCUT2D eigenvalue weighted by Gasteiger charge is -2.08. The van der Waals surface area contributed by atoms with Gasteiger partial charge < -0.3 is 9.47 Å². The molecule has 0 fully saturated rings. The molecule has 2 aromatic heterocycles. The number of aromatic nitrogens is 4. The largest absolute Gasteiger partial charge is 0.493 e. The standard InChI is InChI=1S/C23H21N5O4/c1-15-4-8-17(9-5-15)28-22-18(13-25-28)23(30)27(14-24-22)26-21(29)11-7-16-6-10-19(31-2)20(12-16)32-3/h4-14H,1-3H3,(H,26,29). The van der Waals surface area contributed by atoms with Crippen LogP contribution in [0.1, 0.15) is 11.1 Å². The van der Waals surface area contributed by atoms with Crippen LogP contribution in [0.15, 0.2) is 65.9 Å². The Bertz CT molecular complexity index is 1370. The van der Waals surface area contributed by atoms with E-state index in [9.17, 15) is 9.59 Å². The van der Waals surface area contributed by atoms with Crippen molar-refractivity contribution in [3.8, 4) is 17.2 Å². The third-order valence-electron chi connectivity index (χ3n) is 4.83. The molecule has 0 bridgehead atoms. The molecule has 1 N–H and O–H groups in total. The molecule has 0 spiro atoms. The van der Waals surface area contributed by atoms with Crippen molar-refractivity contribution in [1.29, 1.82) is 0 Å². The lowest BCUT2D eigenvalue weighted by atomic mass is 10.2. The molecular formula is C23H21N5O4. The molecule has 0 unspecified atom stereocenters. The van der Waals surface area contributed by atoms with Crippen molar-refractivity contribution in [2.45, 2.75) is 6.92 Å². The van der Waals surface area contributed by atoms with E-state index in [1.54, 1.807) is 36.1 Å². The molecule has 0 saturated heterocycles. The van der Waals surface area contributed by atoms with Crippen LogP contribution in [0.2, 0.25) is 0 Å². The van der Waals surface area contributed by atoms with Crippen molar-refractivity contribution in [3.63, 3.8) is 0 Å². The van der Waals surface area contributed by atoms with Crippen LogP contribution in [-0.2, 0) is 4.79 Å². The second kappa shape index (κ2) is 8.76. The molecule has 9 nitrogen and oxygen atoms in total. The summed E-state index contributed by atoms with van der Waals surface area (Å²) in [6, 6.07) is 13.0. The van der Waals surface area contributed by atoms with E-state index in [2.05, 4.69) is 15.5 Å². The first-order valence-corrected chi connectivity index (χ1v) is 9.73. The van der Waals surface area contributed by atoms with Gasteiger partial charge in [-0.25, -0.2) is 14.3 Å². The maximum atomic E-state index is 12.8. The van der Waals surface area contributed by atoms with Crippen molar-refractivity contribution < 1.29 is 14.3 Å². The quantitative estimate of drug-likeness (QED) is 0.471. The number of amides is 1. The van der Waals surface area contributed by atoms with Crippen LogP contribution in [-0.4, -0.2) is 39.6 Å². The average Bonchev–Trinajstić information content (AvgIpc) is 3.24. The first-order valence-electron chi connectivity index (χ1n) is 9.73. The minimum Gasteiger partial charge on any atom is -0.493 e. The molecule has 4 aromatic rings. The highest BCUT2D eigenvalue weighted by Crippen LogP contribution is 2.27. The molecule has 32 heavy (non-hydrogen) atoms. The molecular weight excluding hydrogens is 410 g/mol. The van der Waals surface area contributed by atoms with E-state index < -0.39 is 11.5 Å². The number of aryl methyl sites for hydroxylation is 1. The highest BCUT2D eigenvalue weighted by atomic mass is 16.5. The lowest BCUT2D eigenvalue weighted by Crippen LogP contribution is -2.32. The smallest absolute Gasteiger partial charge is 0.283 e. The second-order valence-corrected chi connectivity index (χ2v) is 6.97. The summed E-state index contributed by atoms with van der Waals surface area (Å²) in [6.07, 6.45) is 5.61. The fourth-order valence-corrected chi connectivity index (χ4v) is 3.15. The number of nitrogens with zero attached hydrogens (tertiary/aromatic N) is 4. The van der Waals surface area contributed by atoms with Gasteiger partial charge in [0, 0.05) is 6.08 Å². The summed E-state index contributed by atoms with van der Waals surface area (Å²) in [4.78, 5) is 29.4. The van der Waals surface area contributed by atoms with E-state index in [4.69, 9.17) is 9.47 Å². The number of nitrogens with one attached hydrogen (secondary N) is 1. The van der Waals surface area contributed by atoms with Crippen molar-refractivity contribution in [2.75, 3.05) is 19.6 Å². The molecule has 0 aliphatic carbocycles. The van der Waals surface area contributed by atoms with Gasteiger partial charge >= 0.3 is 0 Å². The summed E-state index contributed by atoms with van der Waals surface area (Å²) < 4.78 is 13.1. The lowest BCUT2D eigenvalue weighted by molar-refractivity contribution is -0.112. The summed E-state index contributed by atoms with van der Waals surface area (Å²) in [6.45, 7) is 1.99. The number of ether oxygens (including phenoxy) is 2. The van der Waals surface area contributed by atoms with Crippen molar-refractivity contribution in [3.05, 3.63) is 82.5 Å². The van der Waals surface area contributed by atoms with Gasteiger partial charge in [-0.1, -0.05) is 23.8 Å². The summed E-state index contributed by atoms with van der Waals surface area (Å²) in [5, 5.41) is 4.56. The highest BCUT2D eigenvalue weighted by molar-refractivity contribution is 5.97. The van der Waals surface area contributed by atoms with Crippen LogP contribution in [0.5, 0.6) is 11.5 Å². The van der Waals surface area contributed by atoms with E-state index in [1.807, 2.05) is 31.2 Å². The molecule has 2 heterocycles. The molecule has 2 aromatic carbocycles. The van der Waals surface area contributed by atoms with Gasteiger partial charge in [0.25, 0.3) is 11.5 Å². The molecule has 0 atom stereocenters. The maximum absolute atomic E-state index is 12.8. The minimum absolute atomic E-state index is 0.289. The van der Waals surface area contributed by atoms with E-state index in [1.165, 1.54) is 25.7 Å². The van der Waals surface area contributed by atoms with E-state index in [0.29, 0.717) is 17.1 Å². The minimum atomic E-state index is -0.492. The van der Waals surface area contributed by atoms with Gasteiger partial charge in [0.1, 0.15) is 11.7 Å². The van der Waals surface area contributed by atoms with Gasteiger partial charge in [0.2, 0.25) is 0 Å². The highest BCUT2D eigenvalue weighted by Gasteiger charge is 2.12. The van der Waals surface area contributed by atoms with E-state index in [0.717, 1.165) is 21.5 Å². The Morgan fingerprint density at radius 1 is 1.06 bits per heavy atom.